The molecule has 21 heavy (non-hydrogen) atoms. The number of anilines is 1. The zero-order valence-electron chi connectivity index (χ0n) is 12.1. The zero-order valence-corrected chi connectivity index (χ0v) is 12.1. The lowest BCUT2D eigenvalue weighted by Crippen LogP contribution is -2.37. The Hall–Kier alpha value is -2.15. The van der Waals surface area contributed by atoms with Crippen molar-refractivity contribution in [1.29, 1.82) is 0 Å². The summed E-state index contributed by atoms with van der Waals surface area (Å²) in [6.07, 6.45) is 3.81. The highest BCUT2D eigenvalue weighted by atomic mass is 16.4. The number of hydrogen-bond donors (Lipinski definition) is 2. The van der Waals surface area contributed by atoms with E-state index in [-0.39, 0.29) is 11.7 Å². The van der Waals surface area contributed by atoms with Crippen molar-refractivity contribution < 1.29 is 14.7 Å². The Morgan fingerprint density at radius 2 is 2.10 bits per heavy atom. The second-order valence-corrected chi connectivity index (χ2v) is 5.14. The van der Waals surface area contributed by atoms with Crippen molar-refractivity contribution in [3.63, 3.8) is 0 Å². The summed E-state index contributed by atoms with van der Waals surface area (Å²) < 4.78 is 0. The Labute approximate surface area is 123 Å². The summed E-state index contributed by atoms with van der Waals surface area (Å²) in [5, 5.41) is 11.5. The molecule has 1 aliphatic heterocycles. The lowest BCUT2D eigenvalue weighted by molar-refractivity contribution is 0.0690. The summed E-state index contributed by atoms with van der Waals surface area (Å²) in [6, 6.07) is 2.67. The van der Waals surface area contributed by atoms with Gasteiger partial charge in [0.2, 0.25) is 0 Å². The molecule has 1 saturated heterocycles. The number of nitrogens with zero attached hydrogens (tertiary/aromatic N) is 3. The van der Waals surface area contributed by atoms with Crippen molar-refractivity contribution >= 4 is 17.7 Å². The van der Waals surface area contributed by atoms with E-state index in [4.69, 9.17) is 5.11 Å². The fourth-order valence-electron chi connectivity index (χ4n) is 2.21. The molecule has 2 N–H and O–H groups in total. The van der Waals surface area contributed by atoms with Gasteiger partial charge in [-0.3, -0.25) is 0 Å². The second kappa shape index (κ2) is 7.03. The van der Waals surface area contributed by atoms with Crippen LogP contribution in [-0.2, 0) is 0 Å². The molecule has 1 aliphatic rings. The van der Waals surface area contributed by atoms with Gasteiger partial charge in [-0.15, -0.1) is 0 Å². The molecule has 0 unspecified atom stereocenters. The Morgan fingerprint density at radius 1 is 1.38 bits per heavy atom. The van der Waals surface area contributed by atoms with E-state index in [9.17, 15) is 9.59 Å². The first-order valence-electron chi connectivity index (χ1n) is 7.00. The van der Waals surface area contributed by atoms with Crippen molar-refractivity contribution in [3.05, 3.63) is 24.0 Å². The molecule has 7 heteroatoms. The average Bonchev–Trinajstić information content (AvgIpc) is 2.98. The number of carbonyl (C=O) groups is 2. The molecule has 2 heterocycles. The van der Waals surface area contributed by atoms with Gasteiger partial charge in [0, 0.05) is 20.1 Å². The minimum atomic E-state index is -1.09. The predicted octanol–water partition coefficient (Wildman–Crippen LogP) is 1.34. The molecular weight excluding hydrogens is 272 g/mol. The molecule has 2 amide bonds. The number of aromatic nitrogens is 1. The van der Waals surface area contributed by atoms with Gasteiger partial charge in [-0.25, -0.2) is 14.6 Å². The molecular formula is C14H20N4O3. The third-order valence-corrected chi connectivity index (χ3v) is 3.53. The van der Waals surface area contributed by atoms with Gasteiger partial charge < -0.3 is 20.2 Å². The lowest BCUT2D eigenvalue weighted by Gasteiger charge is -2.21. The van der Waals surface area contributed by atoms with Crippen LogP contribution in [0.2, 0.25) is 0 Å². The number of urea groups is 1. The van der Waals surface area contributed by atoms with Gasteiger partial charge >= 0.3 is 12.0 Å². The zero-order chi connectivity index (χ0) is 15.2. The van der Waals surface area contributed by atoms with E-state index in [0.29, 0.717) is 12.2 Å². The highest BCUT2D eigenvalue weighted by molar-refractivity contribution is 5.90. The predicted molar refractivity (Wildman–Crippen MR) is 78.5 cm³/mol. The molecule has 114 valence electrons. The van der Waals surface area contributed by atoms with Gasteiger partial charge in [-0.1, -0.05) is 0 Å². The summed E-state index contributed by atoms with van der Waals surface area (Å²) >= 11 is 0. The standard InChI is InChI=1S/C14H20N4O3/c1-17(8-9-18-6-2-3-7-18)14(21)16-11-4-5-12(13(19)20)15-10-11/h4-5,10H,2-3,6-9H2,1H3,(H,16,21)(H,19,20). The minimum absolute atomic E-state index is 0.0459. The van der Waals surface area contributed by atoms with Crippen LogP contribution < -0.4 is 5.32 Å². The van der Waals surface area contributed by atoms with Gasteiger partial charge in [-0.05, 0) is 38.1 Å². The highest BCUT2D eigenvalue weighted by Gasteiger charge is 2.14. The van der Waals surface area contributed by atoms with Crippen LogP contribution in [0.1, 0.15) is 23.3 Å². The van der Waals surface area contributed by atoms with Gasteiger partial charge in [-0.2, -0.15) is 0 Å². The van der Waals surface area contributed by atoms with Crippen molar-refractivity contribution in [2.75, 3.05) is 38.5 Å². The van der Waals surface area contributed by atoms with Crippen LogP contribution in [0, 0.1) is 0 Å². The van der Waals surface area contributed by atoms with E-state index in [1.54, 1.807) is 11.9 Å². The summed E-state index contributed by atoms with van der Waals surface area (Å²) in [6.45, 7) is 3.75. The van der Waals surface area contributed by atoms with Crippen molar-refractivity contribution in [2.45, 2.75) is 12.8 Å². The first-order chi connectivity index (χ1) is 10.1. The summed E-state index contributed by atoms with van der Waals surface area (Å²) in [4.78, 5) is 30.4. The van der Waals surface area contributed by atoms with Gasteiger partial charge in [0.25, 0.3) is 0 Å². The smallest absolute Gasteiger partial charge is 0.354 e. The molecule has 1 aromatic rings. The van der Waals surface area contributed by atoms with Crippen molar-refractivity contribution in [1.82, 2.24) is 14.8 Å². The van der Waals surface area contributed by atoms with E-state index in [2.05, 4.69) is 15.2 Å². The van der Waals surface area contributed by atoms with E-state index >= 15 is 0 Å². The SMILES string of the molecule is CN(CCN1CCCC1)C(=O)Nc1ccc(C(=O)O)nc1. The summed E-state index contributed by atoms with van der Waals surface area (Å²) in [7, 11) is 1.74. The summed E-state index contributed by atoms with van der Waals surface area (Å²) in [5.41, 5.74) is 0.438. The number of carbonyl (C=O) groups excluding carboxylic acids is 1. The number of rotatable bonds is 5. The molecule has 0 bridgehead atoms. The van der Waals surface area contributed by atoms with Gasteiger partial charge in [0.05, 0.1) is 11.9 Å². The number of nitrogens with one attached hydrogen (secondary N) is 1. The number of hydrogen-bond acceptors (Lipinski definition) is 4. The maximum atomic E-state index is 12.0. The molecule has 0 aromatic carbocycles. The molecule has 0 radical (unpaired) electrons. The second-order valence-electron chi connectivity index (χ2n) is 5.14. The topological polar surface area (TPSA) is 85.8 Å². The molecule has 0 saturated carbocycles. The average molecular weight is 292 g/mol. The maximum absolute atomic E-state index is 12.0. The van der Waals surface area contributed by atoms with Crippen molar-refractivity contribution in [2.24, 2.45) is 0 Å². The van der Waals surface area contributed by atoms with Crippen LogP contribution in [0.25, 0.3) is 0 Å². The minimum Gasteiger partial charge on any atom is -0.477 e. The molecule has 7 nitrogen and oxygen atoms in total. The Morgan fingerprint density at radius 3 is 2.67 bits per heavy atom. The monoisotopic (exact) mass is 292 g/mol. The Balaban J connectivity index is 1.80. The van der Waals surface area contributed by atoms with E-state index in [1.807, 2.05) is 0 Å². The largest absolute Gasteiger partial charge is 0.477 e. The number of likely N-dealkylation sites (N-methyl/N-ethyl adjacent to an activating group) is 1. The van der Waals surface area contributed by atoms with Crippen LogP contribution >= 0.6 is 0 Å². The number of pyridine rings is 1. The molecule has 0 spiro atoms. The van der Waals surface area contributed by atoms with Crippen LogP contribution in [0.4, 0.5) is 10.5 Å². The number of aromatic carboxylic acids is 1. The van der Waals surface area contributed by atoms with E-state index in [1.165, 1.54) is 31.2 Å². The fraction of sp³-hybridized carbons (Fsp3) is 0.500. The third kappa shape index (κ3) is 4.42. The number of likely N-dealkylation sites (tertiary alicyclic amines) is 1. The first-order valence-corrected chi connectivity index (χ1v) is 7.00. The quantitative estimate of drug-likeness (QED) is 0.855. The highest BCUT2D eigenvalue weighted by Crippen LogP contribution is 2.09. The van der Waals surface area contributed by atoms with Gasteiger partial charge in [0.15, 0.2) is 0 Å². The molecule has 1 aromatic heterocycles. The maximum Gasteiger partial charge on any atom is 0.354 e. The number of amides is 2. The normalized spacial score (nSPS) is 14.9. The fourth-order valence-corrected chi connectivity index (χ4v) is 2.21. The Bertz CT molecular complexity index is 497. The molecule has 1 fully saturated rings. The van der Waals surface area contributed by atoms with E-state index in [0.717, 1.165) is 19.6 Å². The molecule has 0 atom stereocenters. The van der Waals surface area contributed by atoms with Crippen molar-refractivity contribution in [3.8, 4) is 0 Å². The first kappa shape index (κ1) is 15.2. The molecule has 2 rings (SSSR count). The Kier molecular flexibility index (Phi) is 5.10. The number of carboxylic acids is 1. The van der Waals surface area contributed by atoms with Crippen LogP contribution in [0.15, 0.2) is 18.3 Å². The third-order valence-electron chi connectivity index (χ3n) is 3.53. The van der Waals surface area contributed by atoms with E-state index < -0.39 is 5.97 Å². The summed E-state index contributed by atoms with van der Waals surface area (Å²) in [5.74, 6) is -1.09. The number of carboxylic acid groups (broad SMARTS) is 1. The molecule has 0 aliphatic carbocycles. The van der Waals surface area contributed by atoms with Crippen LogP contribution in [-0.4, -0.2) is 65.1 Å². The lowest BCUT2D eigenvalue weighted by atomic mass is 10.3. The van der Waals surface area contributed by atoms with Gasteiger partial charge in [0.1, 0.15) is 5.69 Å². The van der Waals surface area contributed by atoms with Crippen LogP contribution in [0.5, 0.6) is 0 Å². The van der Waals surface area contributed by atoms with Crippen LogP contribution in [0.3, 0.4) is 0 Å².